The Balaban J connectivity index is 1.59. The van der Waals surface area contributed by atoms with Gasteiger partial charge in [-0.25, -0.2) is 5.43 Å². The number of piperidine rings is 2. The molecule has 4 rings (SSSR count). The van der Waals surface area contributed by atoms with Crippen LogP contribution in [0.3, 0.4) is 0 Å². The fourth-order valence-electron chi connectivity index (χ4n) is 3.55. The van der Waals surface area contributed by atoms with Crippen LogP contribution in [-0.4, -0.2) is 46.8 Å². The van der Waals surface area contributed by atoms with Crippen LogP contribution in [0.2, 0.25) is 0 Å². The molecule has 0 bridgehead atoms. The summed E-state index contributed by atoms with van der Waals surface area (Å²) in [6.07, 6.45) is 7.37. The SMILES string of the molecule is C/C(=N/Nc1nc(N2CCCCC2)nc(N2CCCCC2)n1)c1cccs1. The van der Waals surface area contributed by atoms with Crippen molar-refractivity contribution >= 4 is 34.9 Å². The standard InChI is InChI=1S/C19H27N7S/c1-15(16-9-8-14-27-16)23-24-17-20-18(25-10-4-2-5-11-25)22-19(21-17)26-12-6-3-7-13-26/h8-9,14H,2-7,10-13H2,1H3,(H,20,21,22,24)/b23-15-. The van der Waals surface area contributed by atoms with Crippen molar-refractivity contribution < 1.29 is 0 Å². The fourth-order valence-corrected chi connectivity index (χ4v) is 4.23. The molecule has 2 fully saturated rings. The van der Waals surface area contributed by atoms with Crippen LogP contribution >= 0.6 is 11.3 Å². The van der Waals surface area contributed by atoms with Crippen molar-refractivity contribution in [1.29, 1.82) is 0 Å². The predicted molar refractivity (Wildman–Crippen MR) is 112 cm³/mol. The summed E-state index contributed by atoms with van der Waals surface area (Å²) < 4.78 is 0. The van der Waals surface area contributed by atoms with Gasteiger partial charge < -0.3 is 9.80 Å². The van der Waals surface area contributed by atoms with Crippen molar-refractivity contribution in [2.75, 3.05) is 41.4 Å². The molecular formula is C19H27N7S. The molecule has 0 spiro atoms. The normalized spacial score (nSPS) is 18.6. The van der Waals surface area contributed by atoms with Crippen LogP contribution in [-0.2, 0) is 0 Å². The molecule has 2 aromatic heterocycles. The third kappa shape index (κ3) is 4.55. The summed E-state index contributed by atoms with van der Waals surface area (Å²) in [7, 11) is 0. The van der Waals surface area contributed by atoms with Crippen LogP contribution in [0.1, 0.15) is 50.3 Å². The number of anilines is 3. The molecule has 7 nitrogen and oxygen atoms in total. The predicted octanol–water partition coefficient (Wildman–Crippen LogP) is 3.75. The van der Waals surface area contributed by atoms with E-state index in [2.05, 4.69) is 41.7 Å². The summed E-state index contributed by atoms with van der Waals surface area (Å²) in [6, 6.07) is 4.10. The third-order valence-corrected chi connectivity index (χ3v) is 6.07. The van der Waals surface area contributed by atoms with Crippen LogP contribution in [0.4, 0.5) is 17.8 Å². The van der Waals surface area contributed by atoms with Crippen molar-refractivity contribution in [2.24, 2.45) is 5.10 Å². The number of aromatic nitrogens is 3. The molecule has 0 unspecified atom stereocenters. The lowest BCUT2D eigenvalue weighted by molar-refractivity contribution is 0.556. The molecule has 0 amide bonds. The van der Waals surface area contributed by atoms with Crippen molar-refractivity contribution in [2.45, 2.75) is 45.4 Å². The number of hydrogen-bond donors (Lipinski definition) is 1. The van der Waals surface area contributed by atoms with E-state index in [9.17, 15) is 0 Å². The van der Waals surface area contributed by atoms with Crippen LogP contribution in [0.15, 0.2) is 22.6 Å². The van der Waals surface area contributed by atoms with Gasteiger partial charge in [0.15, 0.2) is 0 Å². The zero-order chi connectivity index (χ0) is 18.5. The number of thiophene rings is 1. The third-order valence-electron chi connectivity index (χ3n) is 5.09. The maximum absolute atomic E-state index is 4.80. The van der Waals surface area contributed by atoms with Gasteiger partial charge in [-0.15, -0.1) is 11.3 Å². The molecule has 27 heavy (non-hydrogen) atoms. The second-order valence-corrected chi connectivity index (χ2v) is 8.09. The number of nitrogens with zero attached hydrogens (tertiary/aromatic N) is 6. The monoisotopic (exact) mass is 385 g/mol. The second kappa shape index (κ2) is 8.65. The minimum absolute atomic E-state index is 0.530. The van der Waals surface area contributed by atoms with E-state index in [4.69, 9.17) is 4.98 Å². The zero-order valence-corrected chi connectivity index (χ0v) is 16.7. The Bertz CT molecular complexity index is 726. The van der Waals surface area contributed by atoms with E-state index in [1.54, 1.807) is 11.3 Å². The van der Waals surface area contributed by atoms with Crippen molar-refractivity contribution in [3.05, 3.63) is 22.4 Å². The van der Waals surface area contributed by atoms with Gasteiger partial charge in [0.1, 0.15) is 0 Å². The highest BCUT2D eigenvalue weighted by molar-refractivity contribution is 7.12. The van der Waals surface area contributed by atoms with Gasteiger partial charge in [-0.2, -0.15) is 20.1 Å². The topological polar surface area (TPSA) is 69.5 Å². The molecule has 2 aromatic rings. The molecule has 1 N–H and O–H groups in total. The van der Waals surface area contributed by atoms with Gasteiger partial charge in [0.05, 0.1) is 5.71 Å². The molecule has 8 heteroatoms. The summed E-state index contributed by atoms with van der Waals surface area (Å²) in [6.45, 7) is 6.05. The first-order valence-electron chi connectivity index (χ1n) is 9.90. The Hall–Kier alpha value is -2.22. The van der Waals surface area contributed by atoms with Gasteiger partial charge in [0.25, 0.3) is 0 Å². The molecular weight excluding hydrogens is 358 g/mol. The summed E-state index contributed by atoms with van der Waals surface area (Å²) in [5.41, 5.74) is 4.01. The summed E-state index contributed by atoms with van der Waals surface area (Å²) in [4.78, 5) is 19.8. The van der Waals surface area contributed by atoms with E-state index >= 15 is 0 Å². The van der Waals surface area contributed by atoms with E-state index in [1.165, 1.54) is 38.5 Å². The smallest absolute Gasteiger partial charge is 0.250 e. The maximum atomic E-state index is 4.80. The molecule has 4 heterocycles. The lowest BCUT2D eigenvalue weighted by atomic mass is 10.1. The molecule has 0 atom stereocenters. The first kappa shape index (κ1) is 18.2. The molecule has 0 saturated carbocycles. The molecule has 0 aromatic carbocycles. The van der Waals surface area contributed by atoms with E-state index in [0.717, 1.165) is 48.7 Å². The summed E-state index contributed by atoms with van der Waals surface area (Å²) in [5, 5.41) is 6.55. The largest absolute Gasteiger partial charge is 0.341 e. The van der Waals surface area contributed by atoms with Crippen molar-refractivity contribution in [3.63, 3.8) is 0 Å². The molecule has 144 valence electrons. The summed E-state index contributed by atoms with van der Waals surface area (Å²) >= 11 is 1.68. The van der Waals surface area contributed by atoms with E-state index in [1.807, 2.05) is 13.0 Å². The van der Waals surface area contributed by atoms with E-state index in [0.29, 0.717) is 5.95 Å². The van der Waals surface area contributed by atoms with E-state index in [-0.39, 0.29) is 0 Å². The Kier molecular flexibility index (Phi) is 5.81. The number of rotatable bonds is 5. The van der Waals surface area contributed by atoms with Gasteiger partial charge in [-0.3, -0.25) is 0 Å². The van der Waals surface area contributed by atoms with Crippen LogP contribution in [0.25, 0.3) is 0 Å². The quantitative estimate of drug-likeness (QED) is 0.624. The fraction of sp³-hybridized carbons (Fsp3) is 0.579. The van der Waals surface area contributed by atoms with Crippen molar-refractivity contribution in [1.82, 2.24) is 15.0 Å². The molecule has 2 aliphatic rings. The van der Waals surface area contributed by atoms with Gasteiger partial charge in [-0.05, 0) is 56.9 Å². The Morgan fingerprint density at radius 3 is 2.04 bits per heavy atom. The highest BCUT2D eigenvalue weighted by atomic mass is 32.1. The molecule has 2 aliphatic heterocycles. The number of hydrazone groups is 1. The van der Waals surface area contributed by atoms with Crippen LogP contribution in [0, 0.1) is 0 Å². The lowest BCUT2D eigenvalue weighted by Gasteiger charge is -2.30. The van der Waals surface area contributed by atoms with Crippen LogP contribution < -0.4 is 15.2 Å². The Labute approximate surface area is 164 Å². The van der Waals surface area contributed by atoms with Gasteiger partial charge in [0, 0.05) is 31.1 Å². The zero-order valence-electron chi connectivity index (χ0n) is 15.9. The highest BCUT2D eigenvalue weighted by Crippen LogP contribution is 2.22. The van der Waals surface area contributed by atoms with Gasteiger partial charge in [0.2, 0.25) is 17.8 Å². The summed E-state index contributed by atoms with van der Waals surface area (Å²) in [5.74, 6) is 2.08. The second-order valence-electron chi connectivity index (χ2n) is 7.14. The lowest BCUT2D eigenvalue weighted by Crippen LogP contribution is -2.34. The van der Waals surface area contributed by atoms with Crippen LogP contribution in [0.5, 0.6) is 0 Å². The first-order chi connectivity index (χ1) is 13.3. The maximum Gasteiger partial charge on any atom is 0.250 e. The van der Waals surface area contributed by atoms with Crippen molar-refractivity contribution in [3.8, 4) is 0 Å². The Morgan fingerprint density at radius 2 is 1.52 bits per heavy atom. The molecule has 0 radical (unpaired) electrons. The molecule has 0 aliphatic carbocycles. The number of hydrogen-bond acceptors (Lipinski definition) is 8. The van der Waals surface area contributed by atoms with Gasteiger partial charge >= 0.3 is 0 Å². The minimum Gasteiger partial charge on any atom is -0.341 e. The Morgan fingerprint density at radius 1 is 0.926 bits per heavy atom. The van der Waals surface area contributed by atoms with Gasteiger partial charge in [-0.1, -0.05) is 6.07 Å². The highest BCUT2D eigenvalue weighted by Gasteiger charge is 2.20. The average Bonchev–Trinajstić information content (AvgIpc) is 3.28. The molecule has 2 saturated heterocycles. The number of nitrogens with one attached hydrogen (secondary N) is 1. The average molecular weight is 386 g/mol. The van der Waals surface area contributed by atoms with E-state index < -0.39 is 0 Å². The minimum atomic E-state index is 0.530. The first-order valence-corrected chi connectivity index (χ1v) is 10.8.